The summed E-state index contributed by atoms with van der Waals surface area (Å²) in [5, 5.41) is 0. The van der Waals surface area contributed by atoms with Gasteiger partial charge in [0.1, 0.15) is 6.61 Å². The van der Waals surface area contributed by atoms with Crippen LogP contribution in [0.3, 0.4) is 0 Å². The standard InChI is InChI=1S/C14H18N2O2/c1-16(14(17)11-18-2)10-13-7-5-12(6-8-13)4-3-9-15/h5-8H,9-11,15H2,1-2H3. The number of nitrogens with two attached hydrogens (primary N) is 1. The first-order valence-electron chi connectivity index (χ1n) is 5.68. The van der Waals surface area contributed by atoms with Crippen molar-refractivity contribution in [1.29, 1.82) is 0 Å². The zero-order valence-electron chi connectivity index (χ0n) is 10.8. The van der Waals surface area contributed by atoms with Crippen molar-refractivity contribution < 1.29 is 9.53 Å². The van der Waals surface area contributed by atoms with E-state index in [9.17, 15) is 4.79 Å². The Morgan fingerprint density at radius 2 is 2.06 bits per heavy atom. The van der Waals surface area contributed by atoms with Gasteiger partial charge in [0.05, 0.1) is 6.54 Å². The van der Waals surface area contributed by atoms with E-state index in [0.29, 0.717) is 13.1 Å². The minimum atomic E-state index is -0.0375. The summed E-state index contributed by atoms with van der Waals surface area (Å²) in [6.45, 7) is 1.03. The minimum absolute atomic E-state index is 0.0375. The van der Waals surface area contributed by atoms with Crippen LogP contribution in [0.5, 0.6) is 0 Å². The fraction of sp³-hybridized carbons (Fsp3) is 0.357. The summed E-state index contributed by atoms with van der Waals surface area (Å²) in [4.78, 5) is 13.1. The Bertz CT molecular complexity index is 443. The van der Waals surface area contributed by atoms with E-state index in [2.05, 4.69) is 11.8 Å². The highest BCUT2D eigenvalue weighted by Crippen LogP contribution is 2.06. The van der Waals surface area contributed by atoms with E-state index < -0.39 is 0 Å². The van der Waals surface area contributed by atoms with Crippen LogP contribution in [0.1, 0.15) is 11.1 Å². The molecule has 0 heterocycles. The lowest BCUT2D eigenvalue weighted by Crippen LogP contribution is -2.29. The molecule has 1 aromatic rings. The minimum Gasteiger partial charge on any atom is -0.375 e. The molecule has 0 aliphatic rings. The fourth-order valence-corrected chi connectivity index (χ4v) is 1.44. The van der Waals surface area contributed by atoms with Crippen LogP contribution in [0.25, 0.3) is 0 Å². The van der Waals surface area contributed by atoms with Crippen molar-refractivity contribution in [2.24, 2.45) is 5.73 Å². The summed E-state index contributed by atoms with van der Waals surface area (Å²) in [6.07, 6.45) is 0. The number of ether oxygens (including phenoxy) is 1. The molecule has 0 saturated carbocycles. The number of hydrogen-bond donors (Lipinski definition) is 1. The molecule has 0 aromatic heterocycles. The molecule has 4 heteroatoms. The van der Waals surface area contributed by atoms with E-state index >= 15 is 0 Å². The topological polar surface area (TPSA) is 55.6 Å². The van der Waals surface area contributed by atoms with E-state index in [1.165, 1.54) is 7.11 Å². The first kappa shape index (κ1) is 14.2. The van der Waals surface area contributed by atoms with Gasteiger partial charge in [-0.2, -0.15) is 0 Å². The van der Waals surface area contributed by atoms with Crippen LogP contribution in [0, 0.1) is 11.8 Å². The summed E-state index contributed by atoms with van der Waals surface area (Å²) in [5.74, 6) is 5.71. The van der Waals surface area contributed by atoms with Crippen LogP contribution >= 0.6 is 0 Å². The van der Waals surface area contributed by atoms with Gasteiger partial charge in [0.25, 0.3) is 0 Å². The second kappa shape index (κ2) is 7.49. The highest BCUT2D eigenvalue weighted by Gasteiger charge is 2.08. The third-order valence-electron chi connectivity index (χ3n) is 2.40. The number of carbonyl (C=O) groups is 1. The van der Waals surface area contributed by atoms with Crippen molar-refractivity contribution in [1.82, 2.24) is 4.90 Å². The number of amides is 1. The predicted octanol–water partition coefficient (Wildman–Crippen LogP) is 0.602. The molecule has 0 atom stereocenters. The van der Waals surface area contributed by atoms with Crippen molar-refractivity contribution in [3.8, 4) is 11.8 Å². The van der Waals surface area contributed by atoms with Gasteiger partial charge >= 0.3 is 0 Å². The van der Waals surface area contributed by atoms with Gasteiger partial charge < -0.3 is 15.4 Å². The number of benzene rings is 1. The zero-order chi connectivity index (χ0) is 13.4. The van der Waals surface area contributed by atoms with Gasteiger partial charge in [-0.15, -0.1) is 0 Å². The van der Waals surface area contributed by atoms with Gasteiger partial charge in [-0.05, 0) is 17.7 Å². The molecule has 0 bridgehead atoms. The Morgan fingerprint density at radius 1 is 1.39 bits per heavy atom. The van der Waals surface area contributed by atoms with Gasteiger partial charge in [0.2, 0.25) is 5.91 Å². The van der Waals surface area contributed by atoms with Crippen molar-refractivity contribution in [3.63, 3.8) is 0 Å². The van der Waals surface area contributed by atoms with Crippen molar-refractivity contribution in [2.75, 3.05) is 27.3 Å². The molecule has 0 unspecified atom stereocenters. The quantitative estimate of drug-likeness (QED) is 0.792. The Hall–Kier alpha value is -1.83. The molecule has 1 amide bonds. The molecule has 2 N–H and O–H groups in total. The fourth-order valence-electron chi connectivity index (χ4n) is 1.44. The van der Waals surface area contributed by atoms with Crippen LogP contribution in [-0.2, 0) is 16.1 Å². The second-order valence-electron chi connectivity index (χ2n) is 3.89. The summed E-state index contributed by atoms with van der Waals surface area (Å²) in [7, 11) is 3.26. The number of hydrogen-bond acceptors (Lipinski definition) is 3. The zero-order valence-corrected chi connectivity index (χ0v) is 10.8. The Kier molecular flexibility index (Phi) is 5.92. The molecule has 0 saturated heterocycles. The summed E-state index contributed by atoms with van der Waals surface area (Å²) in [6, 6.07) is 7.76. The van der Waals surface area contributed by atoms with E-state index in [1.807, 2.05) is 24.3 Å². The molecule has 96 valence electrons. The number of nitrogens with zero attached hydrogens (tertiary/aromatic N) is 1. The lowest BCUT2D eigenvalue weighted by atomic mass is 10.1. The van der Waals surface area contributed by atoms with Crippen molar-refractivity contribution >= 4 is 5.91 Å². The predicted molar refractivity (Wildman–Crippen MR) is 70.7 cm³/mol. The molecule has 18 heavy (non-hydrogen) atoms. The van der Waals surface area contributed by atoms with E-state index in [0.717, 1.165) is 11.1 Å². The van der Waals surface area contributed by atoms with Crippen LogP contribution in [0.4, 0.5) is 0 Å². The maximum Gasteiger partial charge on any atom is 0.248 e. The maximum atomic E-state index is 11.5. The van der Waals surface area contributed by atoms with E-state index in [1.54, 1.807) is 11.9 Å². The molecule has 1 aromatic carbocycles. The smallest absolute Gasteiger partial charge is 0.248 e. The lowest BCUT2D eigenvalue weighted by Gasteiger charge is -2.16. The molecular formula is C14H18N2O2. The lowest BCUT2D eigenvalue weighted by molar-refractivity contribution is -0.134. The van der Waals surface area contributed by atoms with Crippen LogP contribution in [0.2, 0.25) is 0 Å². The molecule has 0 aliphatic heterocycles. The highest BCUT2D eigenvalue weighted by molar-refractivity contribution is 5.77. The molecule has 1 rings (SSSR count). The largest absolute Gasteiger partial charge is 0.375 e. The molecule has 4 nitrogen and oxygen atoms in total. The van der Waals surface area contributed by atoms with Crippen LogP contribution in [-0.4, -0.2) is 38.1 Å². The molecule has 0 spiro atoms. The van der Waals surface area contributed by atoms with Gasteiger partial charge in [0, 0.05) is 26.3 Å². The molecule has 0 aliphatic carbocycles. The maximum absolute atomic E-state index is 11.5. The van der Waals surface area contributed by atoms with Gasteiger partial charge in [0.15, 0.2) is 0 Å². The van der Waals surface area contributed by atoms with Crippen molar-refractivity contribution in [2.45, 2.75) is 6.54 Å². The monoisotopic (exact) mass is 246 g/mol. The van der Waals surface area contributed by atoms with Crippen LogP contribution < -0.4 is 5.73 Å². The molecular weight excluding hydrogens is 228 g/mol. The number of carbonyl (C=O) groups excluding carboxylic acids is 1. The van der Waals surface area contributed by atoms with Crippen LogP contribution in [0.15, 0.2) is 24.3 Å². The third kappa shape index (κ3) is 4.58. The summed E-state index contributed by atoms with van der Waals surface area (Å²) >= 11 is 0. The Morgan fingerprint density at radius 3 is 2.61 bits per heavy atom. The highest BCUT2D eigenvalue weighted by atomic mass is 16.5. The van der Waals surface area contributed by atoms with Gasteiger partial charge in [-0.3, -0.25) is 4.79 Å². The SMILES string of the molecule is COCC(=O)N(C)Cc1ccc(C#CCN)cc1. The second-order valence-corrected chi connectivity index (χ2v) is 3.89. The van der Waals surface area contributed by atoms with Crippen molar-refractivity contribution in [3.05, 3.63) is 35.4 Å². The van der Waals surface area contributed by atoms with E-state index in [-0.39, 0.29) is 12.5 Å². The number of rotatable bonds is 4. The van der Waals surface area contributed by atoms with Gasteiger partial charge in [-0.25, -0.2) is 0 Å². The summed E-state index contributed by atoms with van der Waals surface area (Å²) < 4.78 is 4.80. The average Bonchev–Trinajstić information content (AvgIpc) is 2.38. The average molecular weight is 246 g/mol. The molecule has 0 radical (unpaired) electrons. The Balaban J connectivity index is 2.60. The first-order chi connectivity index (χ1) is 8.67. The molecule has 0 fully saturated rings. The summed E-state index contributed by atoms with van der Waals surface area (Å²) in [5.41, 5.74) is 7.29. The van der Waals surface area contributed by atoms with E-state index in [4.69, 9.17) is 10.5 Å². The number of methoxy groups -OCH3 is 1. The first-order valence-corrected chi connectivity index (χ1v) is 5.68. The normalized spacial score (nSPS) is 9.50. The number of likely N-dealkylation sites (N-methyl/N-ethyl adjacent to an activating group) is 1. The Labute approximate surface area is 108 Å². The van der Waals surface area contributed by atoms with Gasteiger partial charge in [-0.1, -0.05) is 24.0 Å². The third-order valence-corrected chi connectivity index (χ3v) is 2.40.